The molecular weight excluding hydrogens is 500 g/mol. The molecule has 0 spiro atoms. The molecule has 0 aromatic heterocycles. The number of benzene rings is 3. The normalized spacial score (nSPS) is 14.7. The molecular formula is C26H26N2O8S. The van der Waals surface area contributed by atoms with Crippen LogP contribution in [0.5, 0.6) is 17.2 Å². The van der Waals surface area contributed by atoms with Gasteiger partial charge in [0.1, 0.15) is 5.75 Å². The van der Waals surface area contributed by atoms with Crippen LogP contribution in [0.15, 0.2) is 66.7 Å². The topological polar surface area (TPSA) is 120 Å². The number of nitrogens with zero attached hydrogens (tertiary/aromatic N) is 1. The van der Waals surface area contributed by atoms with Crippen molar-refractivity contribution in [2.75, 3.05) is 37.5 Å². The van der Waals surface area contributed by atoms with Crippen LogP contribution in [0.2, 0.25) is 0 Å². The molecule has 0 saturated heterocycles. The maximum Gasteiger partial charge on any atom is 0.340 e. The van der Waals surface area contributed by atoms with Crippen molar-refractivity contribution in [3.05, 3.63) is 77.9 Å². The summed E-state index contributed by atoms with van der Waals surface area (Å²) in [5.74, 6) is -0.844. The third kappa shape index (κ3) is 5.46. The van der Waals surface area contributed by atoms with Gasteiger partial charge in [0.25, 0.3) is 5.91 Å². The zero-order valence-electron chi connectivity index (χ0n) is 20.5. The lowest BCUT2D eigenvalue weighted by Crippen LogP contribution is -2.49. The molecule has 3 aromatic rings. The predicted molar refractivity (Wildman–Crippen MR) is 137 cm³/mol. The first kappa shape index (κ1) is 25.8. The van der Waals surface area contributed by atoms with E-state index in [2.05, 4.69) is 5.32 Å². The van der Waals surface area contributed by atoms with Crippen LogP contribution in [0, 0.1) is 0 Å². The molecule has 1 amide bonds. The molecule has 1 atom stereocenters. The fraction of sp³-hybridized carbons (Fsp3) is 0.231. The van der Waals surface area contributed by atoms with E-state index in [0.717, 1.165) is 0 Å². The number of fused-ring (bicyclic) bond motifs is 1. The second kappa shape index (κ2) is 10.8. The number of amides is 1. The van der Waals surface area contributed by atoms with Crippen molar-refractivity contribution in [2.45, 2.75) is 11.9 Å². The molecule has 1 unspecified atom stereocenters. The highest BCUT2D eigenvalue weighted by atomic mass is 32.2. The summed E-state index contributed by atoms with van der Waals surface area (Å²) in [6, 6.07) is 18.2. The Bertz CT molecular complexity index is 1410. The van der Waals surface area contributed by atoms with Gasteiger partial charge in [0.15, 0.2) is 17.6 Å². The van der Waals surface area contributed by atoms with Gasteiger partial charge in [-0.25, -0.2) is 13.2 Å². The lowest BCUT2D eigenvalue weighted by molar-refractivity contribution is -0.122. The van der Waals surface area contributed by atoms with E-state index >= 15 is 0 Å². The Morgan fingerprint density at radius 2 is 1.62 bits per heavy atom. The zero-order chi connectivity index (χ0) is 26.6. The predicted octanol–water partition coefficient (Wildman–Crippen LogP) is 3.23. The van der Waals surface area contributed by atoms with Crippen LogP contribution in [-0.4, -0.2) is 54.3 Å². The van der Waals surface area contributed by atoms with Crippen molar-refractivity contribution in [3.63, 3.8) is 0 Å². The van der Waals surface area contributed by atoms with E-state index in [1.165, 1.54) is 37.8 Å². The Balaban J connectivity index is 1.65. The van der Waals surface area contributed by atoms with E-state index < -0.39 is 28.0 Å². The Labute approximate surface area is 214 Å². The van der Waals surface area contributed by atoms with E-state index in [1.54, 1.807) is 54.6 Å². The fourth-order valence-corrected chi connectivity index (χ4v) is 5.52. The Kier molecular flexibility index (Phi) is 7.53. The smallest absolute Gasteiger partial charge is 0.340 e. The summed E-state index contributed by atoms with van der Waals surface area (Å²) in [5, 5.41) is 2.65. The molecule has 0 radical (unpaired) electrons. The Morgan fingerprint density at radius 3 is 2.30 bits per heavy atom. The second-order valence-electron chi connectivity index (χ2n) is 8.08. The van der Waals surface area contributed by atoms with E-state index in [1.807, 2.05) is 0 Å². The Morgan fingerprint density at radius 1 is 0.973 bits per heavy atom. The molecule has 11 heteroatoms. The minimum absolute atomic E-state index is 0.0262. The molecule has 1 heterocycles. The minimum atomic E-state index is -3.87. The summed E-state index contributed by atoms with van der Waals surface area (Å²) in [7, 11) is 0.164. The quantitative estimate of drug-likeness (QED) is 0.444. The van der Waals surface area contributed by atoms with Crippen LogP contribution < -0.4 is 23.8 Å². The van der Waals surface area contributed by atoms with Gasteiger partial charge in [0.2, 0.25) is 10.0 Å². The van der Waals surface area contributed by atoms with Gasteiger partial charge >= 0.3 is 5.97 Å². The lowest BCUT2D eigenvalue weighted by Gasteiger charge is -2.34. The second-order valence-corrected chi connectivity index (χ2v) is 9.97. The van der Waals surface area contributed by atoms with Crippen molar-refractivity contribution in [1.82, 2.24) is 0 Å². The van der Waals surface area contributed by atoms with Crippen LogP contribution in [0.25, 0.3) is 0 Å². The number of rotatable bonds is 8. The van der Waals surface area contributed by atoms with Crippen molar-refractivity contribution in [3.8, 4) is 17.2 Å². The van der Waals surface area contributed by atoms with Gasteiger partial charge in [-0.05, 0) is 17.7 Å². The highest BCUT2D eigenvalue weighted by Gasteiger charge is 2.37. The van der Waals surface area contributed by atoms with Crippen LogP contribution in [0.3, 0.4) is 0 Å². The number of hydrogen-bond acceptors (Lipinski definition) is 8. The highest BCUT2D eigenvalue weighted by molar-refractivity contribution is 7.92. The van der Waals surface area contributed by atoms with Gasteiger partial charge in [0.05, 0.1) is 50.6 Å². The number of ether oxygens (including phenoxy) is 4. The number of esters is 1. The first-order valence-electron chi connectivity index (χ1n) is 11.2. The van der Waals surface area contributed by atoms with Crippen molar-refractivity contribution in [2.24, 2.45) is 0 Å². The van der Waals surface area contributed by atoms with Crippen LogP contribution in [-0.2, 0) is 25.3 Å². The highest BCUT2D eigenvalue weighted by Crippen LogP contribution is 2.37. The summed E-state index contributed by atoms with van der Waals surface area (Å²) < 4.78 is 49.3. The van der Waals surface area contributed by atoms with Crippen LogP contribution in [0.4, 0.5) is 11.4 Å². The average Bonchev–Trinajstić information content (AvgIpc) is 2.91. The molecule has 10 nitrogen and oxygen atoms in total. The van der Waals surface area contributed by atoms with Crippen LogP contribution >= 0.6 is 0 Å². The third-order valence-electron chi connectivity index (χ3n) is 5.74. The molecule has 0 bridgehead atoms. The first-order valence-corrected chi connectivity index (χ1v) is 12.8. The van der Waals surface area contributed by atoms with E-state index in [4.69, 9.17) is 18.9 Å². The van der Waals surface area contributed by atoms with Gasteiger partial charge in [-0.1, -0.05) is 42.5 Å². The first-order chi connectivity index (χ1) is 17.8. The monoisotopic (exact) mass is 526 g/mol. The molecule has 0 aliphatic carbocycles. The number of para-hydroxylation sites is 2. The molecule has 4 rings (SSSR count). The number of carbonyl (C=O) groups excluding carboxylic acids is 2. The van der Waals surface area contributed by atoms with Crippen LogP contribution in [0.1, 0.15) is 15.9 Å². The Hall–Kier alpha value is -4.25. The van der Waals surface area contributed by atoms with Gasteiger partial charge in [0, 0.05) is 12.1 Å². The molecule has 1 N–H and O–H groups in total. The number of sulfonamides is 1. The zero-order valence-corrected chi connectivity index (χ0v) is 21.3. The van der Waals surface area contributed by atoms with Crippen molar-refractivity contribution in [1.29, 1.82) is 0 Å². The SMILES string of the molecule is COC(=O)c1cc(OC)c(OC)cc1NC(=O)C1CN(S(=O)(=O)Cc2ccccc2)c2ccccc2O1. The minimum Gasteiger partial charge on any atom is -0.493 e. The number of nitrogens with one attached hydrogen (secondary N) is 1. The fourth-order valence-electron chi connectivity index (χ4n) is 3.94. The van der Waals surface area contributed by atoms with E-state index in [0.29, 0.717) is 11.3 Å². The number of carbonyl (C=O) groups is 2. The van der Waals surface area contributed by atoms with Gasteiger partial charge in [-0.15, -0.1) is 0 Å². The molecule has 3 aromatic carbocycles. The van der Waals surface area contributed by atoms with Gasteiger partial charge < -0.3 is 24.3 Å². The summed E-state index contributed by atoms with van der Waals surface area (Å²) in [4.78, 5) is 25.7. The largest absolute Gasteiger partial charge is 0.493 e. The summed E-state index contributed by atoms with van der Waals surface area (Å²) in [6.07, 6.45) is -1.21. The molecule has 0 fully saturated rings. The molecule has 194 valence electrons. The maximum atomic E-state index is 13.4. The molecule has 1 aliphatic rings. The van der Waals surface area contributed by atoms with Gasteiger partial charge in [-0.2, -0.15) is 0 Å². The number of hydrogen-bond donors (Lipinski definition) is 1. The lowest BCUT2D eigenvalue weighted by atomic mass is 10.1. The third-order valence-corrected chi connectivity index (χ3v) is 7.46. The molecule has 37 heavy (non-hydrogen) atoms. The van der Waals surface area contributed by atoms with Crippen molar-refractivity contribution < 1.29 is 37.0 Å². The van der Waals surface area contributed by atoms with E-state index in [9.17, 15) is 18.0 Å². The molecule has 1 aliphatic heterocycles. The van der Waals surface area contributed by atoms with Gasteiger partial charge in [-0.3, -0.25) is 9.10 Å². The molecule has 0 saturated carbocycles. The summed E-state index contributed by atoms with van der Waals surface area (Å²) >= 11 is 0. The maximum absolute atomic E-state index is 13.4. The number of anilines is 2. The average molecular weight is 527 g/mol. The number of methoxy groups -OCH3 is 3. The van der Waals surface area contributed by atoms with Crippen molar-refractivity contribution >= 4 is 33.3 Å². The van der Waals surface area contributed by atoms with E-state index in [-0.39, 0.29) is 40.8 Å². The standard InChI is InChI=1S/C26H26N2O8S/c1-33-22-13-18(26(30)35-3)19(14-23(22)34-2)27-25(29)24-15-28(20-11-7-8-12-21(20)36-24)37(31,32)16-17-9-5-4-6-10-17/h4-14,24H,15-16H2,1-3H3,(H,27,29). The summed E-state index contributed by atoms with van der Waals surface area (Å²) in [6.45, 7) is -0.265. The summed E-state index contributed by atoms with van der Waals surface area (Å²) in [5.41, 5.74) is 1.07.